The molecular weight excluding hydrogens is 202 g/mol. The molecule has 0 aliphatic heterocycles. The molecule has 0 atom stereocenters. The van der Waals surface area contributed by atoms with Crippen LogP contribution in [0.2, 0.25) is 0 Å². The molecule has 0 unspecified atom stereocenters. The maximum Gasteiger partial charge on any atom is 0.293 e. The van der Waals surface area contributed by atoms with E-state index < -0.39 is 0 Å². The van der Waals surface area contributed by atoms with Gasteiger partial charge in [-0.25, -0.2) is 4.98 Å². The van der Waals surface area contributed by atoms with Crippen molar-refractivity contribution in [2.24, 2.45) is 0 Å². The molecule has 0 spiro atoms. The number of aryl methyl sites for hydroxylation is 1. The van der Waals surface area contributed by atoms with Crippen molar-refractivity contribution in [3.8, 4) is 0 Å². The molecule has 0 radical (unpaired) electrons. The number of hydrogen-bond donors (Lipinski definition) is 1. The van der Waals surface area contributed by atoms with E-state index in [0.717, 1.165) is 0 Å². The van der Waals surface area contributed by atoms with E-state index >= 15 is 0 Å². The van der Waals surface area contributed by atoms with Gasteiger partial charge < -0.3 is 9.88 Å². The fourth-order valence-corrected chi connectivity index (χ4v) is 1.06. The molecule has 0 aliphatic rings. The number of rotatable bonds is 4. The van der Waals surface area contributed by atoms with Gasteiger partial charge in [0.15, 0.2) is 5.82 Å². The second kappa shape index (κ2) is 4.81. The van der Waals surface area contributed by atoms with Crippen molar-refractivity contribution in [1.29, 1.82) is 0 Å². The third-order valence-electron chi connectivity index (χ3n) is 1.70. The van der Waals surface area contributed by atoms with Crippen LogP contribution in [-0.2, 0) is 6.54 Å². The lowest BCUT2D eigenvalue weighted by Crippen LogP contribution is -2.24. The summed E-state index contributed by atoms with van der Waals surface area (Å²) in [6, 6.07) is 0. The highest BCUT2D eigenvalue weighted by atomic mass is 35.5. The monoisotopic (exact) mass is 213 g/mol. The van der Waals surface area contributed by atoms with Crippen molar-refractivity contribution in [1.82, 2.24) is 9.55 Å². The Labute approximate surface area is 87.2 Å². The molecular formula is C9H12ClN3O. The lowest BCUT2D eigenvalue weighted by Gasteiger charge is -2.05. The van der Waals surface area contributed by atoms with Crippen LogP contribution < -0.4 is 10.9 Å². The Morgan fingerprint density at radius 2 is 2.50 bits per heavy atom. The van der Waals surface area contributed by atoms with Crippen LogP contribution in [0.1, 0.15) is 6.92 Å². The summed E-state index contributed by atoms with van der Waals surface area (Å²) in [6.45, 7) is 6.37. The van der Waals surface area contributed by atoms with Crippen LogP contribution >= 0.6 is 11.6 Å². The zero-order valence-electron chi connectivity index (χ0n) is 7.96. The average Bonchev–Trinajstić information content (AvgIpc) is 2.16. The molecule has 0 saturated carbocycles. The fraction of sp³-hybridized carbons (Fsp3) is 0.333. The average molecular weight is 214 g/mol. The molecule has 0 bridgehead atoms. The van der Waals surface area contributed by atoms with E-state index in [4.69, 9.17) is 11.6 Å². The van der Waals surface area contributed by atoms with Crippen molar-refractivity contribution < 1.29 is 0 Å². The Morgan fingerprint density at radius 3 is 3.07 bits per heavy atom. The molecule has 1 aromatic heterocycles. The summed E-state index contributed by atoms with van der Waals surface area (Å²) in [5.41, 5.74) is -0.145. The van der Waals surface area contributed by atoms with E-state index in [2.05, 4.69) is 16.9 Å². The smallest absolute Gasteiger partial charge is 0.293 e. The number of hydrogen-bond acceptors (Lipinski definition) is 3. The highest BCUT2D eigenvalue weighted by Crippen LogP contribution is 1.98. The highest BCUT2D eigenvalue weighted by molar-refractivity contribution is 6.29. The lowest BCUT2D eigenvalue weighted by atomic mass is 10.5. The summed E-state index contributed by atoms with van der Waals surface area (Å²) in [6.07, 6.45) is 3.22. The number of aromatic nitrogens is 2. The summed E-state index contributed by atoms with van der Waals surface area (Å²) < 4.78 is 1.56. The molecule has 1 rings (SSSR count). The summed E-state index contributed by atoms with van der Waals surface area (Å²) in [4.78, 5) is 15.5. The molecule has 0 amide bonds. The van der Waals surface area contributed by atoms with Gasteiger partial charge in [0.1, 0.15) is 0 Å². The van der Waals surface area contributed by atoms with Crippen LogP contribution in [-0.4, -0.2) is 16.1 Å². The maximum absolute atomic E-state index is 11.6. The van der Waals surface area contributed by atoms with Crippen LogP contribution in [0.4, 0.5) is 5.82 Å². The summed E-state index contributed by atoms with van der Waals surface area (Å²) in [5.74, 6) is 0.302. The number of halogens is 1. The first-order chi connectivity index (χ1) is 6.65. The van der Waals surface area contributed by atoms with Gasteiger partial charge in [-0.3, -0.25) is 4.79 Å². The Kier molecular flexibility index (Phi) is 3.71. The van der Waals surface area contributed by atoms with Crippen LogP contribution in [0.25, 0.3) is 0 Å². The Hall–Kier alpha value is -1.29. The first-order valence-corrected chi connectivity index (χ1v) is 4.65. The molecule has 1 aromatic rings. The molecule has 5 heteroatoms. The topological polar surface area (TPSA) is 46.9 Å². The molecule has 4 nitrogen and oxygen atoms in total. The number of anilines is 1. The van der Waals surface area contributed by atoms with E-state index in [1.807, 2.05) is 6.92 Å². The van der Waals surface area contributed by atoms with Gasteiger partial charge in [0.2, 0.25) is 0 Å². The SMILES string of the molecule is C=C(Cl)CNc1nccn(CC)c1=O. The Morgan fingerprint density at radius 1 is 1.79 bits per heavy atom. The van der Waals surface area contributed by atoms with Crippen LogP contribution in [0.5, 0.6) is 0 Å². The third kappa shape index (κ3) is 2.60. The summed E-state index contributed by atoms with van der Waals surface area (Å²) >= 11 is 5.56. The van der Waals surface area contributed by atoms with E-state index in [-0.39, 0.29) is 5.56 Å². The van der Waals surface area contributed by atoms with Gasteiger partial charge in [-0.05, 0) is 6.92 Å². The third-order valence-corrected chi connectivity index (χ3v) is 1.84. The van der Waals surface area contributed by atoms with E-state index in [0.29, 0.717) is 23.9 Å². The molecule has 14 heavy (non-hydrogen) atoms. The second-order valence-electron chi connectivity index (χ2n) is 2.74. The highest BCUT2D eigenvalue weighted by Gasteiger charge is 2.02. The van der Waals surface area contributed by atoms with Crippen LogP contribution in [0.3, 0.4) is 0 Å². The minimum atomic E-state index is -0.145. The van der Waals surface area contributed by atoms with Crippen molar-refractivity contribution in [2.75, 3.05) is 11.9 Å². The molecule has 0 aliphatic carbocycles. The van der Waals surface area contributed by atoms with Crippen molar-refractivity contribution in [3.05, 3.63) is 34.4 Å². The fourth-order valence-electron chi connectivity index (χ4n) is 0.997. The zero-order chi connectivity index (χ0) is 10.6. The van der Waals surface area contributed by atoms with Crippen LogP contribution in [0, 0.1) is 0 Å². The standard InChI is InChI=1S/C9H12ClN3O/c1-3-13-5-4-11-8(9(13)14)12-6-7(2)10/h4-5H,2-3,6H2,1H3,(H,11,12). The van der Waals surface area contributed by atoms with Gasteiger partial charge in [0.05, 0.1) is 6.54 Å². The van der Waals surface area contributed by atoms with Gasteiger partial charge in [0, 0.05) is 24.0 Å². The number of nitrogens with one attached hydrogen (secondary N) is 1. The molecule has 0 fully saturated rings. The van der Waals surface area contributed by atoms with Gasteiger partial charge >= 0.3 is 0 Å². The predicted octanol–water partition coefficient (Wildman–Crippen LogP) is 1.43. The zero-order valence-corrected chi connectivity index (χ0v) is 8.71. The van der Waals surface area contributed by atoms with Crippen molar-refractivity contribution >= 4 is 17.4 Å². The predicted molar refractivity (Wildman–Crippen MR) is 57.7 cm³/mol. The lowest BCUT2D eigenvalue weighted by molar-refractivity contribution is 0.719. The summed E-state index contributed by atoms with van der Waals surface area (Å²) in [7, 11) is 0. The largest absolute Gasteiger partial charge is 0.361 e. The van der Waals surface area contributed by atoms with E-state index in [1.165, 1.54) is 0 Å². The first kappa shape index (κ1) is 10.8. The molecule has 1 heterocycles. The van der Waals surface area contributed by atoms with Gasteiger partial charge in [-0.15, -0.1) is 0 Å². The quantitative estimate of drug-likeness (QED) is 0.823. The normalized spacial score (nSPS) is 9.86. The van der Waals surface area contributed by atoms with Gasteiger partial charge in [0.25, 0.3) is 5.56 Å². The Bertz CT molecular complexity index is 386. The van der Waals surface area contributed by atoms with E-state index in [9.17, 15) is 4.79 Å². The minimum absolute atomic E-state index is 0.145. The molecule has 0 saturated heterocycles. The molecule has 76 valence electrons. The van der Waals surface area contributed by atoms with Crippen LogP contribution in [0.15, 0.2) is 28.8 Å². The van der Waals surface area contributed by atoms with Crippen molar-refractivity contribution in [2.45, 2.75) is 13.5 Å². The van der Waals surface area contributed by atoms with Crippen molar-refractivity contribution in [3.63, 3.8) is 0 Å². The molecule has 1 N–H and O–H groups in total. The first-order valence-electron chi connectivity index (χ1n) is 4.27. The maximum atomic E-state index is 11.6. The van der Waals surface area contributed by atoms with E-state index in [1.54, 1.807) is 17.0 Å². The minimum Gasteiger partial charge on any atom is -0.361 e. The van der Waals surface area contributed by atoms with Gasteiger partial charge in [-0.1, -0.05) is 18.2 Å². The van der Waals surface area contributed by atoms with Gasteiger partial charge in [-0.2, -0.15) is 0 Å². The Balaban J connectivity index is 2.87. The molecule has 0 aromatic carbocycles. The second-order valence-corrected chi connectivity index (χ2v) is 3.27. The summed E-state index contributed by atoms with van der Waals surface area (Å²) in [5, 5.41) is 3.25. The number of nitrogens with zero attached hydrogens (tertiary/aromatic N) is 2.